The van der Waals surface area contributed by atoms with E-state index in [4.69, 9.17) is 9.47 Å². The molecule has 0 radical (unpaired) electrons. The van der Waals surface area contributed by atoms with Crippen molar-refractivity contribution >= 4 is 11.9 Å². The highest BCUT2D eigenvalue weighted by Gasteiger charge is 2.33. The molecule has 0 bridgehead atoms. The third kappa shape index (κ3) is 5.33. The summed E-state index contributed by atoms with van der Waals surface area (Å²) < 4.78 is 11.3. The Balaban J connectivity index is 1.43. The average Bonchev–Trinajstić information content (AvgIpc) is 3.25. The van der Waals surface area contributed by atoms with E-state index in [1.807, 2.05) is 11.9 Å². The molecule has 3 saturated heterocycles. The van der Waals surface area contributed by atoms with Gasteiger partial charge in [0.2, 0.25) is 5.91 Å². The zero-order valence-electron chi connectivity index (χ0n) is 16.9. The van der Waals surface area contributed by atoms with Crippen molar-refractivity contribution in [2.75, 3.05) is 79.7 Å². The van der Waals surface area contributed by atoms with Crippen LogP contribution in [0.4, 0.5) is 0 Å². The number of hydrogen-bond acceptors (Lipinski definition) is 5. The number of aliphatic imine (C=N–C) groups is 1. The maximum atomic E-state index is 12.3. The number of piperazine rings is 1. The molecule has 3 rings (SSSR count). The van der Waals surface area contributed by atoms with Gasteiger partial charge in [-0.1, -0.05) is 0 Å². The molecule has 0 aliphatic carbocycles. The van der Waals surface area contributed by atoms with E-state index >= 15 is 0 Å². The van der Waals surface area contributed by atoms with Gasteiger partial charge in [-0.2, -0.15) is 0 Å². The molecule has 8 heteroatoms. The zero-order valence-corrected chi connectivity index (χ0v) is 16.9. The molecule has 0 aromatic carbocycles. The van der Waals surface area contributed by atoms with Crippen LogP contribution in [0.2, 0.25) is 0 Å². The minimum absolute atomic E-state index is 0.168. The number of nitrogens with one attached hydrogen (secondary N) is 1. The van der Waals surface area contributed by atoms with Crippen LogP contribution in [0.1, 0.15) is 25.7 Å². The summed E-state index contributed by atoms with van der Waals surface area (Å²) in [5.41, 5.74) is -0.168. The molecule has 0 spiro atoms. The lowest BCUT2D eigenvalue weighted by Crippen LogP contribution is -2.56. The van der Waals surface area contributed by atoms with Gasteiger partial charge in [0.1, 0.15) is 0 Å². The Bertz CT molecular complexity index is 507. The van der Waals surface area contributed by atoms with E-state index in [2.05, 4.69) is 20.1 Å². The molecule has 0 aromatic rings. The van der Waals surface area contributed by atoms with Crippen molar-refractivity contribution in [1.29, 1.82) is 0 Å². The standard InChI is InChI=1S/C19H35N5O3/c1-20-18(21-16-19(26-2)5-13-27-14-6-19)24-11-9-22(10-12-24)15-17(25)23-7-3-4-8-23/h3-16H2,1-2H3,(H,20,21). The monoisotopic (exact) mass is 381 g/mol. The van der Waals surface area contributed by atoms with Gasteiger partial charge in [0.05, 0.1) is 12.1 Å². The molecule has 3 fully saturated rings. The van der Waals surface area contributed by atoms with Gasteiger partial charge in [-0.15, -0.1) is 0 Å². The molecule has 3 heterocycles. The van der Waals surface area contributed by atoms with Gasteiger partial charge < -0.3 is 24.6 Å². The summed E-state index contributed by atoms with van der Waals surface area (Å²) in [7, 11) is 3.61. The minimum atomic E-state index is -0.168. The highest BCUT2D eigenvalue weighted by molar-refractivity contribution is 5.80. The van der Waals surface area contributed by atoms with Gasteiger partial charge in [-0.25, -0.2) is 0 Å². The summed E-state index contributed by atoms with van der Waals surface area (Å²) >= 11 is 0. The number of likely N-dealkylation sites (tertiary alicyclic amines) is 1. The van der Waals surface area contributed by atoms with Gasteiger partial charge >= 0.3 is 0 Å². The highest BCUT2D eigenvalue weighted by Crippen LogP contribution is 2.23. The molecule has 8 nitrogen and oxygen atoms in total. The van der Waals surface area contributed by atoms with Crippen molar-refractivity contribution in [1.82, 2.24) is 20.0 Å². The Morgan fingerprint density at radius 2 is 1.74 bits per heavy atom. The molecular weight excluding hydrogens is 346 g/mol. The Morgan fingerprint density at radius 3 is 2.33 bits per heavy atom. The van der Waals surface area contributed by atoms with Crippen LogP contribution in [0.3, 0.4) is 0 Å². The number of amides is 1. The SMILES string of the molecule is CN=C(NCC1(OC)CCOCC1)N1CCN(CC(=O)N2CCCC2)CC1. The minimum Gasteiger partial charge on any atom is -0.381 e. The summed E-state index contributed by atoms with van der Waals surface area (Å²) in [4.78, 5) is 23.3. The second-order valence-corrected chi connectivity index (χ2v) is 7.75. The summed E-state index contributed by atoms with van der Waals surface area (Å²) in [5, 5.41) is 3.50. The van der Waals surface area contributed by atoms with Crippen molar-refractivity contribution in [2.45, 2.75) is 31.3 Å². The molecule has 1 N–H and O–H groups in total. The first-order chi connectivity index (χ1) is 13.2. The van der Waals surface area contributed by atoms with E-state index in [1.54, 1.807) is 7.11 Å². The largest absolute Gasteiger partial charge is 0.381 e. The molecule has 0 aromatic heterocycles. The quantitative estimate of drug-likeness (QED) is 0.534. The van der Waals surface area contributed by atoms with E-state index in [-0.39, 0.29) is 11.5 Å². The summed E-state index contributed by atoms with van der Waals surface area (Å²) in [6.45, 7) is 8.21. The molecule has 0 unspecified atom stereocenters. The lowest BCUT2D eigenvalue weighted by Gasteiger charge is -2.39. The van der Waals surface area contributed by atoms with Crippen molar-refractivity contribution < 1.29 is 14.3 Å². The Labute approximate surface area is 162 Å². The molecule has 154 valence electrons. The number of hydrogen-bond donors (Lipinski definition) is 1. The van der Waals surface area contributed by atoms with E-state index in [1.165, 1.54) is 0 Å². The number of nitrogens with zero attached hydrogens (tertiary/aromatic N) is 4. The summed E-state index contributed by atoms with van der Waals surface area (Å²) in [6.07, 6.45) is 4.10. The Morgan fingerprint density at radius 1 is 1.07 bits per heavy atom. The first-order valence-corrected chi connectivity index (χ1v) is 10.2. The molecule has 3 aliphatic heterocycles. The maximum absolute atomic E-state index is 12.3. The maximum Gasteiger partial charge on any atom is 0.236 e. The third-order valence-corrected chi connectivity index (χ3v) is 6.11. The van der Waals surface area contributed by atoms with E-state index in [0.717, 1.165) is 90.7 Å². The topological polar surface area (TPSA) is 69.6 Å². The number of ether oxygens (including phenoxy) is 2. The van der Waals surface area contributed by atoms with Gasteiger partial charge in [-0.3, -0.25) is 14.7 Å². The first-order valence-electron chi connectivity index (χ1n) is 10.2. The predicted octanol–water partition coefficient (Wildman–Crippen LogP) is -0.00260. The number of rotatable bonds is 5. The van der Waals surface area contributed by atoms with Gasteiger partial charge in [0.25, 0.3) is 0 Å². The number of guanidine groups is 1. The van der Waals surface area contributed by atoms with E-state index in [9.17, 15) is 4.79 Å². The van der Waals surface area contributed by atoms with Crippen LogP contribution in [0.15, 0.2) is 4.99 Å². The smallest absolute Gasteiger partial charge is 0.236 e. The highest BCUT2D eigenvalue weighted by atomic mass is 16.5. The summed E-state index contributed by atoms with van der Waals surface area (Å²) in [6, 6.07) is 0. The first kappa shape index (κ1) is 20.4. The van der Waals surface area contributed by atoms with Crippen LogP contribution in [0, 0.1) is 0 Å². The lowest BCUT2D eigenvalue weighted by atomic mass is 9.94. The lowest BCUT2D eigenvalue weighted by molar-refractivity contribution is -0.131. The second-order valence-electron chi connectivity index (χ2n) is 7.75. The van der Waals surface area contributed by atoms with Crippen LogP contribution < -0.4 is 5.32 Å². The van der Waals surface area contributed by atoms with Gasteiger partial charge in [-0.05, 0) is 12.8 Å². The molecule has 3 aliphatic rings. The van der Waals surface area contributed by atoms with Crippen LogP contribution in [-0.4, -0.2) is 112 Å². The molecule has 0 saturated carbocycles. The van der Waals surface area contributed by atoms with Crippen LogP contribution >= 0.6 is 0 Å². The van der Waals surface area contributed by atoms with Crippen LogP contribution in [-0.2, 0) is 14.3 Å². The molecular formula is C19H35N5O3. The van der Waals surface area contributed by atoms with Crippen LogP contribution in [0.5, 0.6) is 0 Å². The molecule has 0 atom stereocenters. The summed E-state index contributed by atoms with van der Waals surface area (Å²) in [5.74, 6) is 1.20. The Kier molecular flexibility index (Phi) is 7.32. The average molecular weight is 382 g/mol. The van der Waals surface area contributed by atoms with Crippen molar-refractivity contribution in [3.63, 3.8) is 0 Å². The Hall–Kier alpha value is -1.38. The number of carbonyl (C=O) groups excluding carboxylic acids is 1. The van der Waals surface area contributed by atoms with E-state index < -0.39 is 0 Å². The van der Waals surface area contributed by atoms with Crippen LogP contribution in [0.25, 0.3) is 0 Å². The fourth-order valence-corrected chi connectivity index (χ4v) is 4.14. The van der Waals surface area contributed by atoms with Crippen molar-refractivity contribution in [3.8, 4) is 0 Å². The fraction of sp³-hybridized carbons (Fsp3) is 0.895. The zero-order chi connectivity index (χ0) is 19.1. The number of carbonyl (C=O) groups is 1. The normalized spacial score (nSPS) is 24.3. The van der Waals surface area contributed by atoms with Crippen molar-refractivity contribution in [3.05, 3.63) is 0 Å². The van der Waals surface area contributed by atoms with E-state index in [0.29, 0.717) is 6.54 Å². The fourth-order valence-electron chi connectivity index (χ4n) is 4.14. The molecule has 27 heavy (non-hydrogen) atoms. The van der Waals surface area contributed by atoms with Gasteiger partial charge in [0.15, 0.2) is 5.96 Å². The third-order valence-electron chi connectivity index (χ3n) is 6.11. The predicted molar refractivity (Wildman–Crippen MR) is 105 cm³/mol. The van der Waals surface area contributed by atoms with Crippen molar-refractivity contribution in [2.24, 2.45) is 4.99 Å². The second kappa shape index (κ2) is 9.71. The number of methoxy groups -OCH3 is 1. The van der Waals surface area contributed by atoms with Gasteiger partial charge in [0, 0.05) is 86.0 Å². The molecule has 1 amide bonds.